The lowest BCUT2D eigenvalue weighted by Crippen LogP contribution is -1.95. The van der Waals surface area contributed by atoms with Crippen LogP contribution in [0.3, 0.4) is 0 Å². The van der Waals surface area contributed by atoms with E-state index in [1.165, 1.54) is 0 Å². The van der Waals surface area contributed by atoms with Gasteiger partial charge in [-0.15, -0.1) is 0 Å². The predicted octanol–water partition coefficient (Wildman–Crippen LogP) is 4.84. The molecule has 4 aromatic rings. The summed E-state index contributed by atoms with van der Waals surface area (Å²) in [6, 6.07) is 23.7. The zero-order valence-corrected chi connectivity index (χ0v) is 14.2. The summed E-state index contributed by atoms with van der Waals surface area (Å²) >= 11 is 0. The molecule has 2 heterocycles. The van der Waals surface area contributed by atoms with Crippen LogP contribution in [-0.2, 0) is 0 Å². The van der Waals surface area contributed by atoms with Gasteiger partial charge in [-0.05, 0) is 29.8 Å². The molecular formula is C22H15N3O. The van der Waals surface area contributed by atoms with E-state index in [0.29, 0.717) is 11.4 Å². The molecule has 0 bridgehead atoms. The summed E-state index contributed by atoms with van der Waals surface area (Å²) in [5.41, 5.74) is 5.32. The number of benzene rings is 2. The van der Waals surface area contributed by atoms with Crippen molar-refractivity contribution in [2.24, 2.45) is 0 Å². The standard InChI is InChI=1S/C22H15N3O/c1-26-22-19-13-18(16-5-3-2-4-6-16)21(25-20(19)11-12-24-22)17-9-7-15(14-23)8-10-17/h2-13H,1H3. The lowest BCUT2D eigenvalue weighted by Gasteiger charge is -2.13. The van der Waals surface area contributed by atoms with E-state index < -0.39 is 0 Å². The third-order valence-electron chi connectivity index (χ3n) is 4.27. The largest absolute Gasteiger partial charge is 0.481 e. The summed E-state index contributed by atoms with van der Waals surface area (Å²) in [4.78, 5) is 9.17. The van der Waals surface area contributed by atoms with Crippen LogP contribution in [0.25, 0.3) is 33.3 Å². The van der Waals surface area contributed by atoms with Gasteiger partial charge in [0.15, 0.2) is 0 Å². The van der Waals surface area contributed by atoms with Crippen LogP contribution >= 0.6 is 0 Å². The minimum atomic E-state index is 0.554. The lowest BCUT2D eigenvalue weighted by atomic mass is 9.97. The van der Waals surface area contributed by atoms with E-state index in [4.69, 9.17) is 15.0 Å². The summed E-state index contributed by atoms with van der Waals surface area (Å²) in [6.45, 7) is 0. The first kappa shape index (κ1) is 15.8. The maximum atomic E-state index is 9.04. The number of hydrogen-bond acceptors (Lipinski definition) is 4. The van der Waals surface area contributed by atoms with Crippen molar-refractivity contribution in [3.8, 4) is 34.3 Å². The Morgan fingerprint density at radius 2 is 1.69 bits per heavy atom. The Morgan fingerprint density at radius 3 is 2.38 bits per heavy atom. The van der Waals surface area contributed by atoms with E-state index >= 15 is 0 Å². The molecule has 0 fully saturated rings. The molecule has 0 N–H and O–H groups in total. The van der Waals surface area contributed by atoms with Gasteiger partial charge < -0.3 is 4.74 Å². The SMILES string of the molecule is COc1nccc2nc(-c3ccc(C#N)cc3)c(-c3ccccc3)cc12. The van der Waals surface area contributed by atoms with Gasteiger partial charge in [0, 0.05) is 17.3 Å². The molecular weight excluding hydrogens is 322 g/mol. The molecule has 0 aliphatic carbocycles. The molecule has 0 aliphatic heterocycles. The highest BCUT2D eigenvalue weighted by Crippen LogP contribution is 2.35. The van der Waals surface area contributed by atoms with Gasteiger partial charge in [-0.2, -0.15) is 5.26 Å². The number of pyridine rings is 2. The Morgan fingerprint density at radius 1 is 0.923 bits per heavy atom. The first-order chi connectivity index (χ1) is 12.8. The summed E-state index contributed by atoms with van der Waals surface area (Å²) < 4.78 is 5.41. The first-order valence-corrected chi connectivity index (χ1v) is 8.20. The van der Waals surface area contributed by atoms with Gasteiger partial charge in [0.1, 0.15) is 0 Å². The second-order valence-electron chi connectivity index (χ2n) is 5.83. The van der Waals surface area contributed by atoms with Crippen molar-refractivity contribution < 1.29 is 4.74 Å². The molecule has 0 saturated carbocycles. The van der Waals surface area contributed by atoms with Gasteiger partial charge in [0.2, 0.25) is 5.88 Å². The van der Waals surface area contributed by atoms with Gasteiger partial charge in [-0.25, -0.2) is 9.97 Å². The fourth-order valence-corrected chi connectivity index (χ4v) is 2.99. The van der Waals surface area contributed by atoms with Crippen molar-refractivity contribution in [2.75, 3.05) is 7.11 Å². The van der Waals surface area contributed by atoms with Gasteiger partial charge in [0.05, 0.1) is 35.3 Å². The lowest BCUT2D eigenvalue weighted by molar-refractivity contribution is 0.403. The van der Waals surface area contributed by atoms with Crippen molar-refractivity contribution in [3.05, 3.63) is 78.5 Å². The van der Waals surface area contributed by atoms with Gasteiger partial charge in [0.25, 0.3) is 0 Å². The summed E-state index contributed by atoms with van der Waals surface area (Å²) in [5, 5.41) is 9.91. The van der Waals surface area contributed by atoms with Crippen LogP contribution in [0, 0.1) is 11.3 Å². The van der Waals surface area contributed by atoms with E-state index in [-0.39, 0.29) is 0 Å². The molecule has 26 heavy (non-hydrogen) atoms. The number of hydrogen-bond donors (Lipinski definition) is 0. The molecule has 4 nitrogen and oxygen atoms in total. The van der Waals surface area contributed by atoms with Crippen molar-refractivity contribution >= 4 is 10.9 Å². The van der Waals surface area contributed by atoms with Crippen LogP contribution < -0.4 is 4.74 Å². The number of nitriles is 1. The molecule has 0 amide bonds. The van der Waals surface area contributed by atoms with E-state index in [0.717, 1.165) is 33.3 Å². The number of fused-ring (bicyclic) bond motifs is 1. The van der Waals surface area contributed by atoms with Crippen molar-refractivity contribution in [1.82, 2.24) is 9.97 Å². The summed E-state index contributed by atoms with van der Waals surface area (Å²) in [5.74, 6) is 0.554. The maximum absolute atomic E-state index is 9.04. The van der Waals surface area contributed by atoms with Crippen molar-refractivity contribution in [1.29, 1.82) is 5.26 Å². The predicted molar refractivity (Wildman–Crippen MR) is 102 cm³/mol. The highest BCUT2D eigenvalue weighted by molar-refractivity contribution is 5.93. The van der Waals surface area contributed by atoms with Crippen LogP contribution in [0.5, 0.6) is 5.88 Å². The number of rotatable bonds is 3. The van der Waals surface area contributed by atoms with Crippen LogP contribution in [0.2, 0.25) is 0 Å². The second-order valence-corrected chi connectivity index (χ2v) is 5.83. The molecule has 0 atom stereocenters. The molecule has 124 valence electrons. The van der Waals surface area contributed by atoms with Crippen molar-refractivity contribution in [2.45, 2.75) is 0 Å². The quantitative estimate of drug-likeness (QED) is 0.536. The van der Waals surface area contributed by atoms with Gasteiger partial charge in [-0.3, -0.25) is 0 Å². The molecule has 2 aromatic heterocycles. The Balaban J connectivity index is 2.02. The monoisotopic (exact) mass is 337 g/mol. The van der Waals surface area contributed by atoms with E-state index in [1.807, 2.05) is 48.5 Å². The minimum Gasteiger partial charge on any atom is -0.481 e. The maximum Gasteiger partial charge on any atom is 0.222 e. The normalized spacial score (nSPS) is 10.5. The van der Waals surface area contributed by atoms with Crippen LogP contribution in [0.15, 0.2) is 72.9 Å². The second kappa shape index (κ2) is 6.66. The first-order valence-electron chi connectivity index (χ1n) is 8.20. The molecule has 0 radical (unpaired) electrons. The number of aromatic nitrogens is 2. The fraction of sp³-hybridized carbons (Fsp3) is 0.0455. The Bertz CT molecular complexity index is 1110. The van der Waals surface area contributed by atoms with Gasteiger partial charge >= 0.3 is 0 Å². The summed E-state index contributed by atoms with van der Waals surface area (Å²) in [6.07, 6.45) is 1.69. The highest BCUT2D eigenvalue weighted by Gasteiger charge is 2.14. The van der Waals surface area contributed by atoms with Crippen LogP contribution in [-0.4, -0.2) is 17.1 Å². The van der Waals surface area contributed by atoms with Crippen molar-refractivity contribution in [3.63, 3.8) is 0 Å². The summed E-state index contributed by atoms with van der Waals surface area (Å²) in [7, 11) is 1.61. The third kappa shape index (κ3) is 2.76. The Hall–Kier alpha value is -3.71. The van der Waals surface area contributed by atoms with Crippen LogP contribution in [0.1, 0.15) is 5.56 Å². The molecule has 4 heteroatoms. The molecule has 2 aromatic carbocycles. The molecule has 0 saturated heterocycles. The van der Waals surface area contributed by atoms with Gasteiger partial charge in [-0.1, -0.05) is 42.5 Å². The zero-order valence-electron chi connectivity index (χ0n) is 14.2. The smallest absolute Gasteiger partial charge is 0.222 e. The molecule has 4 rings (SSSR count). The van der Waals surface area contributed by atoms with E-state index in [2.05, 4.69) is 29.3 Å². The highest BCUT2D eigenvalue weighted by atomic mass is 16.5. The fourth-order valence-electron chi connectivity index (χ4n) is 2.99. The zero-order chi connectivity index (χ0) is 17.9. The number of ether oxygens (including phenoxy) is 1. The average Bonchev–Trinajstić information content (AvgIpc) is 2.73. The average molecular weight is 337 g/mol. The minimum absolute atomic E-state index is 0.554. The number of nitrogens with zero attached hydrogens (tertiary/aromatic N) is 3. The number of methoxy groups -OCH3 is 1. The molecule has 0 spiro atoms. The molecule has 0 unspecified atom stereocenters. The molecule has 0 aliphatic rings. The third-order valence-corrected chi connectivity index (χ3v) is 4.27. The Labute approximate surface area is 151 Å². The van der Waals surface area contributed by atoms with E-state index in [1.54, 1.807) is 13.3 Å². The Kier molecular flexibility index (Phi) is 4.04. The topological polar surface area (TPSA) is 58.8 Å². The van der Waals surface area contributed by atoms with Crippen LogP contribution in [0.4, 0.5) is 0 Å². The van der Waals surface area contributed by atoms with E-state index in [9.17, 15) is 0 Å².